The zero-order chi connectivity index (χ0) is 15.2. The Balaban J connectivity index is 2.06. The standard InChI is InChI=1S/C15H17N3O2S/c1-20-12-6-4-5-11(9-12)17-14(21)13(10-16)15(19)18-7-2-3-8-18/h4-6,9,13H,2-3,7-8H2,1H3,(H,17,21)/t13-/m0/s1. The Morgan fingerprint density at radius 3 is 2.81 bits per heavy atom. The van der Waals surface area contributed by atoms with Crippen LogP contribution in [0.15, 0.2) is 24.3 Å². The van der Waals surface area contributed by atoms with Crippen molar-refractivity contribution in [3.8, 4) is 11.8 Å². The van der Waals surface area contributed by atoms with Gasteiger partial charge in [0.2, 0.25) is 5.91 Å². The number of likely N-dealkylation sites (tertiary alicyclic amines) is 1. The Morgan fingerprint density at radius 1 is 1.48 bits per heavy atom. The summed E-state index contributed by atoms with van der Waals surface area (Å²) in [5.41, 5.74) is 0.703. The maximum atomic E-state index is 12.3. The van der Waals surface area contributed by atoms with Crippen molar-refractivity contribution in [2.75, 3.05) is 25.5 Å². The minimum atomic E-state index is -0.940. The molecule has 21 heavy (non-hydrogen) atoms. The highest BCUT2D eigenvalue weighted by Crippen LogP contribution is 2.19. The van der Waals surface area contributed by atoms with Gasteiger partial charge < -0.3 is 15.0 Å². The van der Waals surface area contributed by atoms with Gasteiger partial charge in [0.05, 0.1) is 13.2 Å². The Bertz CT molecular complexity index is 577. The van der Waals surface area contributed by atoms with Crippen LogP contribution in [-0.2, 0) is 4.79 Å². The fourth-order valence-corrected chi connectivity index (χ4v) is 2.53. The first-order valence-corrected chi connectivity index (χ1v) is 7.20. The lowest BCUT2D eigenvalue weighted by Gasteiger charge is -2.20. The number of benzene rings is 1. The molecule has 2 rings (SSSR count). The number of rotatable bonds is 4. The van der Waals surface area contributed by atoms with E-state index in [4.69, 9.17) is 17.0 Å². The van der Waals surface area contributed by atoms with Crippen LogP contribution in [0.3, 0.4) is 0 Å². The molecule has 1 amide bonds. The van der Waals surface area contributed by atoms with E-state index in [0.29, 0.717) is 24.5 Å². The first-order valence-electron chi connectivity index (χ1n) is 6.79. The van der Waals surface area contributed by atoms with Gasteiger partial charge in [-0.05, 0) is 25.0 Å². The van der Waals surface area contributed by atoms with Crippen molar-refractivity contribution in [2.24, 2.45) is 5.92 Å². The molecule has 1 aromatic rings. The number of hydrogen-bond acceptors (Lipinski definition) is 4. The fourth-order valence-electron chi connectivity index (χ4n) is 2.26. The summed E-state index contributed by atoms with van der Waals surface area (Å²) in [6.07, 6.45) is 1.97. The highest BCUT2D eigenvalue weighted by atomic mass is 32.1. The number of methoxy groups -OCH3 is 1. The molecule has 110 valence electrons. The van der Waals surface area contributed by atoms with Crippen LogP contribution < -0.4 is 10.1 Å². The van der Waals surface area contributed by atoms with E-state index < -0.39 is 5.92 Å². The van der Waals surface area contributed by atoms with E-state index in [9.17, 15) is 10.1 Å². The first-order chi connectivity index (χ1) is 10.2. The van der Waals surface area contributed by atoms with Gasteiger partial charge in [0.1, 0.15) is 10.7 Å². The minimum Gasteiger partial charge on any atom is -0.497 e. The van der Waals surface area contributed by atoms with Crippen molar-refractivity contribution in [3.63, 3.8) is 0 Å². The van der Waals surface area contributed by atoms with Gasteiger partial charge >= 0.3 is 0 Å². The van der Waals surface area contributed by atoms with Crippen LogP contribution in [0.1, 0.15) is 12.8 Å². The molecule has 0 aromatic heterocycles. The summed E-state index contributed by atoms with van der Waals surface area (Å²) in [6, 6.07) is 9.20. The van der Waals surface area contributed by atoms with E-state index in [1.807, 2.05) is 24.3 Å². The summed E-state index contributed by atoms with van der Waals surface area (Å²) in [7, 11) is 1.58. The van der Waals surface area contributed by atoms with Crippen LogP contribution in [0.5, 0.6) is 5.75 Å². The topological polar surface area (TPSA) is 65.4 Å². The quantitative estimate of drug-likeness (QED) is 0.864. The molecule has 1 aromatic carbocycles. The molecule has 1 N–H and O–H groups in total. The van der Waals surface area contributed by atoms with Gasteiger partial charge in [0, 0.05) is 24.8 Å². The molecule has 1 aliphatic heterocycles. The lowest BCUT2D eigenvalue weighted by Crippen LogP contribution is -2.38. The molecule has 5 nitrogen and oxygen atoms in total. The number of nitrogens with zero attached hydrogens (tertiary/aromatic N) is 2. The number of hydrogen-bond donors (Lipinski definition) is 1. The van der Waals surface area contributed by atoms with E-state index in [-0.39, 0.29) is 10.9 Å². The van der Waals surface area contributed by atoms with Crippen LogP contribution >= 0.6 is 12.2 Å². The molecule has 1 heterocycles. The molecule has 0 saturated carbocycles. The zero-order valence-corrected chi connectivity index (χ0v) is 12.7. The van der Waals surface area contributed by atoms with Gasteiger partial charge in [-0.25, -0.2) is 0 Å². The van der Waals surface area contributed by atoms with E-state index in [2.05, 4.69) is 5.32 Å². The van der Waals surface area contributed by atoms with Gasteiger partial charge in [0.15, 0.2) is 5.92 Å². The molecule has 6 heteroatoms. The molecule has 1 saturated heterocycles. The molecule has 0 spiro atoms. The summed E-state index contributed by atoms with van der Waals surface area (Å²) in [5.74, 6) is -0.470. The average Bonchev–Trinajstić information content (AvgIpc) is 3.02. The van der Waals surface area contributed by atoms with E-state index in [0.717, 1.165) is 12.8 Å². The predicted octanol–water partition coefficient (Wildman–Crippen LogP) is 2.20. The molecular weight excluding hydrogens is 286 g/mol. The van der Waals surface area contributed by atoms with Gasteiger partial charge in [-0.2, -0.15) is 5.26 Å². The van der Waals surface area contributed by atoms with E-state index in [1.165, 1.54) is 0 Å². The summed E-state index contributed by atoms with van der Waals surface area (Å²) < 4.78 is 5.13. The SMILES string of the molecule is COc1cccc(NC(=S)[C@H](C#N)C(=O)N2CCCC2)c1. The van der Waals surface area contributed by atoms with Crippen LogP contribution in [0, 0.1) is 17.2 Å². The molecule has 0 unspecified atom stereocenters. The Labute approximate surface area is 129 Å². The van der Waals surface area contributed by atoms with Crippen LogP contribution in [-0.4, -0.2) is 36.0 Å². The highest BCUT2D eigenvalue weighted by molar-refractivity contribution is 7.80. The van der Waals surface area contributed by atoms with Crippen LogP contribution in [0.2, 0.25) is 0 Å². The highest BCUT2D eigenvalue weighted by Gasteiger charge is 2.29. The van der Waals surface area contributed by atoms with E-state index >= 15 is 0 Å². The molecule has 0 radical (unpaired) electrons. The molecule has 1 atom stereocenters. The fraction of sp³-hybridized carbons (Fsp3) is 0.400. The molecule has 0 bridgehead atoms. The summed E-state index contributed by atoms with van der Waals surface area (Å²) in [5, 5.41) is 12.2. The van der Waals surface area contributed by atoms with Crippen molar-refractivity contribution in [3.05, 3.63) is 24.3 Å². The second kappa shape index (κ2) is 7.04. The van der Waals surface area contributed by atoms with E-state index in [1.54, 1.807) is 18.1 Å². The number of ether oxygens (including phenoxy) is 1. The van der Waals surface area contributed by atoms with Crippen molar-refractivity contribution in [2.45, 2.75) is 12.8 Å². The summed E-state index contributed by atoms with van der Waals surface area (Å²) in [6.45, 7) is 1.41. The monoisotopic (exact) mass is 303 g/mol. The normalized spacial score (nSPS) is 15.1. The van der Waals surface area contributed by atoms with Gasteiger partial charge in [-0.15, -0.1) is 0 Å². The number of carbonyl (C=O) groups is 1. The smallest absolute Gasteiger partial charge is 0.246 e. The van der Waals surface area contributed by atoms with Crippen LogP contribution in [0.4, 0.5) is 5.69 Å². The largest absolute Gasteiger partial charge is 0.497 e. The minimum absolute atomic E-state index is 0.213. The Kier molecular flexibility index (Phi) is 5.12. The lowest BCUT2D eigenvalue weighted by molar-refractivity contribution is -0.130. The number of carbonyl (C=O) groups excluding carboxylic acids is 1. The third-order valence-corrected chi connectivity index (χ3v) is 3.73. The van der Waals surface area contributed by atoms with Crippen molar-refractivity contribution < 1.29 is 9.53 Å². The molecule has 1 aliphatic rings. The van der Waals surface area contributed by atoms with Gasteiger partial charge in [-0.3, -0.25) is 4.79 Å². The number of thiocarbonyl (C=S) groups is 1. The Hall–Kier alpha value is -2.13. The van der Waals surface area contributed by atoms with Crippen LogP contribution in [0.25, 0.3) is 0 Å². The van der Waals surface area contributed by atoms with Crippen molar-refractivity contribution in [1.82, 2.24) is 4.90 Å². The second-order valence-electron chi connectivity index (χ2n) is 4.82. The molecule has 1 fully saturated rings. The number of amides is 1. The summed E-state index contributed by atoms with van der Waals surface area (Å²) >= 11 is 5.23. The maximum Gasteiger partial charge on any atom is 0.246 e. The molecule has 0 aliphatic carbocycles. The first kappa shape index (κ1) is 15.3. The summed E-state index contributed by atoms with van der Waals surface area (Å²) in [4.78, 5) is 14.2. The van der Waals surface area contributed by atoms with Crippen molar-refractivity contribution >= 4 is 28.8 Å². The lowest BCUT2D eigenvalue weighted by atomic mass is 10.1. The second-order valence-corrected chi connectivity index (χ2v) is 5.26. The predicted molar refractivity (Wildman–Crippen MR) is 84.1 cm³/mol. The average molecular weight is 303 g/mol. The number of nitrogens with one attached hydrogen (secondary N) is 1. The third kappa shape index (κ3) is 3.70. The maximum absolute atomic E-state index is 12.3. The Morgan fingerprint density at radius 2 is 2.19 bits per heavy atom. The zero-order valence-electron chi connectivity index (χ0n) is 11.8. The molecular formula is C15H17N3O2S. The van der Waals surface area contributed by atoms with Gasteiger partial charge in [0.25, 0.3) is 0 Å². The van der Waals surface area contributed by atoms with Gasteiger partial charge in [-0.1, -0.05) is 18.3 Å². The number of anilines is 1. The number of nitriles is 1. The third-order valence-electron chi connectivity index (χ3n) is 3.39. The van der Waals surface area contributed by atoms with Crippen molar-refractivity contribution in [1.29, 1.82) is 5.26 Å².